The van der Waals surface area contributed by atoms with Crippen molar-refractivity contribution in [3.63, 3.8) is 0 Å². The van der Waals surface area contributed by atoms with Crippen LogP contribution in [0.4, 0.5) is 0 Å². The van der Waals surface area contributed by atoms with Crippen LogP contribution in [0, 0.1) is 0 Å². The van der Waals surface area contributed by atoms with Crippen LogP contribution in [-0.2, 0) is 11.2 Å². The monoisotopic (exact) mass is 443 g/mol. The Balaban J connectivity index is 1.58. The van der Waals surface area contributed by atoms with E-state index in [4.69, 9.17) is 9.47 Å². The fraction of sp³-hybridized carbons (Fsp3) is 0.269. The largest absolute Gasteiger partial charge is 0.494 e. The van der Waals surface area contributed by atoms with E-state index in [1.807, 2.05) is 47.4 Å². The molecule has 0 radical (unpaired) electrons. The van der Waals surface area contributed by atoms with Gasteiger partial charge in [-0.2, -0.15) is 0 Å². The van der Waals surface area contributed by atoms with Gasteiger partial charge in [-0.15, -0.1) is 0 Å². The molecule has 1 atom stereocenters. The van der Waals surface area contributed by atoms with Crippen molar-refractivity contribution in [1.29, 1.82) is 0 Å². The van der Waals surface area contributed by atoms with E-state index in [0.29, 0.717) is 43.9 Å². The number of nitrogens with zero attached hydrogens (tertiary/aromatic N) is 2. The van der Waals surface area contributed by atoms with Crippen molar-refractivity contribution >= 4 is 11.8 Å². The van der Waals surface area contributed by atoms with Gasteiger partial charge in [0.25, 0.3) is 11.8 Å². The van der Waals surface area contributed by atoms with Crippen LogP contribution in [-0.4, -0.2) is 48.0 Å². The molecule has 1 unspecified atom stereocenters. The molecule has 1 N–H and O–H groups in total. The summed E-state index contributed by atoms with van der Waals surface area (Å²) in [5.74, 6) is 1.20. The Kier molecular flexibility index (Phi) is 5.93. The predicted octanol–water partition coefficient (Wildman–Crippen LogP) is 3.15. The lowest BCUT2D eigenvalue weighted by atomic mass is 9.87. The molecular formula is C26H25N3O4. The highest BCUT2D eigenvalue weighted by Gasteiger charge is 2.33. The van der Waals surface area contributed by atoms with Crippen molar-refractivity contribution in [3.8, 4) is 11.5 Å². The second-order valence-electron chi connectivity index (χ2n) is 8.16. The van der Waals surface area contributed by atoms with E-state index in [-0.39, 0.29) is 24.5 Å². The number of carbonyl (C=O) groups excluding carboxylic acids is 2. The topological polar surface area (TPSA) is 80.8 Å². The number of amides is 2. The smallest absolute Gasteiger partial charge is 0.257 e. The number of nitrogens with one attached hydrogen (secondary N) is 1. The first-order chi connectivity index (χ1) is 16.2. The van der Waals surface area contributed by atoms with Crippen LogP contribution in [0.5, 0.6) is 11.5 Å². The van der Waals surface area contributed by atoms with E-state index in [1.54, 1.807) is 24.5 Å². The molecule has 2 aromatic carbocycles. The molecule has 1 aromatic heterocycles. The fourth-order valence-electron chi connectivity index (χ4n) is 4.40. The van der Waals surface area contributed by atoms with Crippen LogP contribution in [0.3, 0.4) is 0 Å². The third kappa shape index (κ3) is 4.53. The first kappa shape index (κ1) is 21.0. The van der Waals surface area contributed by atoms with Gasteiger partial charge in [0.05, 0.1) is 12.6 Å². The van der Waals surface area contributed by atoms with Crippen LogP contribution in [0.25, 0.3) is 0 Å². The summed E-state index contributed by atoms with van der Waals surface area (Å²) < 4.78 is 11.7. The van der Waals surface area contributed by atoms with Gasteiger partial charge in [-0.25, -0.2) is 0 Å². The number of hydrogen-bond donors (Lipinski definition) is 1. The van der Waals surface area contributed by atoms with Crippen molar-refractivity contribution in [2.75, 3.05) is 26.3 Å². The summed E-state index contributed by atoms with van der Waals surface area (Å²) in [5.41, 5.74) is 3.75. The number of rotatable bonds is 1. The Morgan fingerprint density at radius 2 is 1.88 bits per heavy atom. The number of aromatic nitrogens is 1. The lowest BCUT2D eigenvalue weighted by Crippen LogP contribution is -2.40. The van der Waals surface area contributed by atoms with Gasteiger partial charge < -0.3 is 19.7 Å². The van der Waals surface area contributed by atoms with Crippen molar-refractivity contribution in [3.05, 3.63) is 89.2 Å². The molecule has 6 rings (SSSR count). The first-order valence-corrected chi connectivity index (χ1v) is 11.1. The maximum Gasteiger partial charge on any atom is 0.257 e. The van der Waals surface area contributed by atoms with Crippen molar-refractivity contribution < 1.29 is 19.1 Å². The van der Waals surface area contributed by atoms with E-state index in [2.05, 4.69) is 10.3 Å². The van der Waals surface area contributed by atoms with E-state index in [9.17, 15) is 9.59 Å². The number of ether oxygens (including phenoxy) is 2. The molecule has 7 heteroatoms. The molecule has 0 saturated carbocycles. The Bertz CT molecular complexity index is 1170. The highest BCUT2D eigenvalue weighted by molar-refractivity contribution is 5.94. The SMILES string of the molecule is O=C1COc2ccc3c(c2)CCN(C(=O)c2ccncc2)C3c2cccc(c2)OCCCN1. The second kappa shape index (κ2) is 9.32. The molecule has 0 fully saturated rings. The highest BCUT2D eigenvalue weighted by atomic mass is 16.5. The standard InChI is InChI=1S/C26H25N3O4/c30-24-17-33-22-5-6-23-19(15-22)9-13-29(26(31)18-7-11-27-12-8-18)25(23)20-3-1-4-21(16-20)32-14-2-10-28-24/h1,3-8,11-12,15-16,25H,2,9-10,13-14,17H2,(H,28,30). The van der Waals surface area contributed by atoms with Gasteiger partial charge in [0, 0.05) is 31.0 Å². The van der Waals surface area contributed by atoms with Gasteiger partial charge >= 0.3 is 0 Å². The minimum Gasteiger partial charge on any atom is -0.494 e. The average Bonchev–Trinajstić information content (AvgIpc) is 2.86. The minimum atomic E-state index is -0.261. The average molecular weight is 444 g/mol. The zero-order valence-electron chi connectivity index (χ0n) is 18.2. The first-order valence-electron chi connectivity index (χ1n) is 11.1. The Hall–Kier alpha value is -3.87. The van der Waals surface area contributed by atoms with Gasteiger partial charge in [0.15, 0.2) is 6.61 Å². The quantitative estimate of drug-likeness (QED) is 0.625. The summed E-state index contributed by atoms with van der Waals surface area (Å²) in [5, 5.41) is 2.85. The normalized spacial score (nSPS) is 18.1. The maximum absolute atomic E-state index is 13.5. The molecule has 3 aliphatic heterocycles. The highest BCUT2D eigenvalue weighted by Crippen LogP contribution is 2.38. The molecular weight excluding hydrogens is 418 g/mol. The number of pyridine rings is 1. The van der Waals surface area contributed by atoms with E-state index in [0.717, 1.165) is 22.4 Å². The molecule has 6 bridgehead atoms. The van der Waals surface area contributed by atoms with E-state index in [1.165, 1.54) is 0 Å². The van der Waals surface area contributed by atoms with E-state index >= 15 is 0 Å². The van der Waals surface area contributed by atoms with Gasteiger partial charge in [0.1, 0.15) is 11.5 Å². The molecule has 3 aromatic rings. The zero-order chi connectivity index (χ0) is 22.6. The summed E-state index contributed by atoms with van der Waals surface area (Å²) in [7, 11) is 0. The van der Waals surface area contributed by atoms with Crippen LogP contribution in [0.15, 0.2) is 67.0 Å². The van der Waals surface area contributed by atoms with Gasteiger partial charge in [-0.1, -0.05) is 18.2 Å². The molecule has 2 amide bonds. The van der Waals surface area contributed by atoms with Gasteiger partial charge in [0.2, 0.25) is 0 Å². The minimum absolute atomic E-state index is 0.0330. The third-order valence-electron chi connectivity index (χ3n) is 5.99. The number of fused-ring (bicyclic) bond motifs is 8. The summed E-state index contributed by atoms with van der Waals surface area (Å²) >= 11 is 0. The Labute approximate surface area is 192 Å². The molecule has 0 saturated heterocycles. The molecule has 0 spiro atoms. The van der Waals surface area contributed by atoms with Crippen LogP contribution < -0.4 is 14.8 Å². The Morgan fingerprint density at radius 1 is 1.03 bits per heavy atom. The molecule has 3 aliphatic rings. The number of carbonyl (C=O) groups is 2. The van der Waals surface area contributed by atoms with Crippen LogP contribution in [0.1, 0.15) is 39.5 Å². The summed E-state index contributed by atoms with van der Waals surface area (Å²) in [6, 6.07) is 17.0. The second-order valence-corrected chi connectivity index (χ2v) is 8.16. The van der Waals surface area contributed by atoms with Crippen LogP contribution in [0.2, 0.25) is 0 Å². The molecule has 33 heavy (non-hydrogen) atoms. The number of hydrogen-bond acceptors (Lipinski definition) is 5. The van der Waals surface area contributed by atoms with Gasteiger partial charge in [-0.3, -0.25) is 14.6 Å². The lowest BCUT2D eigenvalue weighted by molar-refractivity contribution is -0.123. The predicted molar refractivity (Wildman–Crippen MR) is 122 cm³/mol. The van der Waals surface area contributed by atoms with Gasteiger partial charge in [-0.05, 0) is 65.9 Å². The lowest BCUT2D eigenvalue weighted by Gasteiger charge is -2.38. The van der Waals surface area contributed by atoms with Crippen LogP contribution >= 0.6 is 0 Å². The van der Waals surface area contributed by atoms with Crippen molar-refractivity contribution in [1.82, 2.24) is 15.2 Å². The zero-order valence-corrected chi connectivity index (χ0v) is 18.2. The third-order valence-corrected chi connectivity index (χ3v) is 5.99. The fourth-order valence-corrected chi connectivity index (χ4v) is 4.40. The molecule has 168 valence electrons. The summed E-state index contributed by atoms with van der Waals surface area (Å²) in [6.07, 6.45) is 4.66. The summed E-state index contributed by atoms with van der Waals surface area (Å²) in [4.78, 5) is 31.5. The van der Waals surface area contributed by atoms with E-state index < -0.39 is 0 Å². The summed E-state index contributed by atoms with van der Waals surface area (Å²) in [6.45, 7) is 1.53. The number of benzene rings is 2. The Morgan fingerprint density at radius 3 is 2.76 bits per heavy atom. The maximum atomic E-state index is 13.5. The molecule has 0 aliphatic carbocycles. The molecule has 4 heterocycles. The van der Waals surface area contributed by atoms with Crippen molar-refractivity contribution in [2.45, 2.75) is 18.9 Å². The van der Waals surface area contributed by atoms with Crippen molar-refractivity contribution in [2.24, 2.45) is 0 Å². The molecule has 7 nitrogen and oxygen atoms in total.